The van der Waals surface area contributed by atoms with Gasteiger partial charge in [0.25, 0.3) is 0 Å². The lowest BCUT2D eigenvalue weighted by Crippen LogP contribution is -2.58. The maximum Gasteiger partial charge on any atom is 0.410 e. The fourth-order valence-corrected chi connectivity index (χ4v) is 1.43. The Morgan fingerprint density at radius 2 is 2.06 bits per heavy atom. The number of ether oxygens (including phenoxy) is 1. The number of carbonyl (C=O) groups is 2. The molecule has 0 aromatic heterocycles. The fourth-order valence-electron chi connectivity index (χ4n) is 1.43. The molecule has 6 nitrogen and oxygen atoms in total. The van der Waals surface area contributed by atoms with Crippen LogP contribution in [0.1, 0.15) is 20.8 Å². The lowest BCUT2D eigenvalue weighted by atomic mass is 10.2. The maximum atomic E-state index is 11.7. The number of nitrogens with two attached hydrogens (primary N) is 1. The third-order valence-corrected chi connectivity index (χ3v) is 2.17. The molecule has 2 amide bonds. The minimum absolute atomic E-state index is 0.268. The highest BCUT2D eigenvalue weighted by atomic mass is 16.6. The van der Waals surface area contributed by atoms with E-state index in [2.05, 4.69) is 5.32 Å². The summed E-state index contributed by atoms with van der Waals surface area (Å²) in [6, 6.07) is -0.485. The Morgan fingerprint density at radius 3 is 2.56 bits per heavy atom. The Kier molecular flexibility index (Phi) is 3.74. The number of piperazine rings is 1. The largest absolute Gasteiger partial charge is 0.444 e. The van der Waals surface area contributed by atoms with Crippen LogP contribution < -0.4 is 11.1 Å². The Hall–Kier alpha value is -1.30. The highest BCUT2D eigenvalue weighted by molar-refractivity contribution is 5.81. The quantitative estimate of drug-likeness (QED) is 0.645. The van der Waals surface area contributed by atoms with Crippen molar-refractivity contribution in [2.45, 2.75) is 32.4 Å². The van der Waals surface area contributed by atoms with E-state index in [1.807, 2.05) is 0 Å². The highest BCUT2D eigenvalue weighted by Crippen LogP contribution is 2.11. The van der Waals surface area contributed by atoms with E-state index in [0.717, 1.165) is 0 Å². The van der Waals surface area contributed by atoms with Gasteiger partial charge in [0.05, 0.1) is 0 Å². The van der Waals surface area contributed by atoms with Crippen molar-refractivity contribution in [2.75, 3.05) is 19.6 Å². The number of amides is 2. The standard InChI is InChI=1S/C10H19N3O3/c1-10(2,3)16-9(15)13-5-4-12-7(6-13)8(11)14/h7,12H,4-6H2,1-3H3,(H2,11,14). The van der Waals surface area contributed by atoms with Crippen LogP contribution in [0.5, 0.6) is 0 Å². The van der Waals surface area contributed by atoms with Crippen molar-refractivity contribution in [3.05, 3.63) is 0 Å². The van der Waals surface area contributed by atoms with Gasteiger partial charge in [0.1, 0.15) is 11.6 Å². The molecule has 0 radical (unpaired) electrons. The van der Waals surface area contributed by atoms with Gasteiger partial charge in [-0.05, 0) is 20.8 Å². The molecule has 92 valence electrons. The van der Waals surface area contributed by atoms with E-state index < -0.39 is 23.6 Å². The molecule has 6 heteroatoms. The summed E-state index contributed by atoms with van der Waals surface area (Å²) in [5, 5.41) is 2.94. The van der Waals surface area contributed by atoms with Crippen LogP contribution in [0.25, 0.3) is 0 Å². The monoisotopic (exact) mass is 229 g/mol. The van der Waals surface area contributed by atoms with Gasteiger partial charge < -0.3 is 20.7 Å². The molecule has 1 atom stereocenters. The summed E-state index contributed by atoms with van der Waals surface area (Å²) in [7, 11) is 0. The smallest absolute Gasteiger partial charge is 0.410 e. The first-order valence-corrected chi connectivity index (χ1v) is 5.30. The Bertz CT molecular complexity index is 286. The molecule has 0 saturated carbocycles. The minimum Gasteiger partial charge on any atom is -0.444 e. The van der Waals surface area contributed by atoms with Crippen LogP contribution in [0.4, 0.5) is 4.79 Å². The van der Waals surface area contributed by atoms with Crippen molar-refractivity contribution in [1.29, 1.82) is 0 Å². The van der Waals surface area contributed by atoms with Crippen molar-refractivity contribution < 1.29 is 14.3 Å². The molecule has 0 spiro atoms. The molecule has 1 aliphatic heterocycles. The fraction of sp³-hybridized carbons (Fsp3) is 0.800. The number of hydrogen-bond acceptors (Lipinski definition) is 4. The third kappa shape index (κ3) is 3.69. The normalized spacial score (nSPS) is 21.7. The summed E-state index contributed by atoms with van der Waals surface area (Å²) >= 11 is 0. The van der Waals surface area contributed by atoms with Gasteiger partial charge in [-0.15, -0.1) is 0 Å². The number of primary amides is 1. The number of nitrogens with one attached hydrogen (secondary N) is 1. The highest BCUT2D eigenvalue weighted by Gasteiger charge is 2.29. The summed E-state index contributed by atoms with van der Waals surface area (Å²) in [5.74, 6) is -0.451. The van der Waals surface area contributed by atoms with Gasteiger partial charge in [0.2, 0.25) is 5.91 Å². The zero-order valence-corrected chi connectivity index (χ0v) is 9.95. The van der Waals surface area contributed by atoms with Crippen LogP contribution in [0.15, 0.2) is 0 Å². The topological polar surface area (TPSA) is 84.7 Å². The zero-order valence-electron chi connectivity index (χ0n) is 9.95. The summed E-state index contributed by atoms with van der Waals surface area (Å²) in [6.07, 6.45) is -0.403. The minimum atomic E-state index is -0.524. The van der Waals surface area contributed by atoms with Crippen molar-refractivity contribution in [3.63, 3.8) is 0 Å². The van der Waals surface area contributed by atoms with Gasteiger partial charge >= 0.3 is 6.09 Å². The molecule has 1 heterocycles. The van der Waals surface area contributed by atoms with Crippen molar-refractivity contribution in [3.8, 4) is 0 Å². The van der Waals surface area contributed by atoms with E-state index in [4.69, 9.17) is 10.5 Å². The van der Waals surface area contributed by atoms with Gasteiger partial charge in [-0.3, -0.25) is 4.79 Å². The van der Waals surface area contributed by atoms with Crippen molar-refractivity contribution in [1.82, 2.24) is 10.2 Å². The van der Waals surface area contributed by atoms with E-state index in [1.54, 1.807) is 20.8 Å². The Labute approximate surface area is 95.1 Å². The van der Waals surface area contributed by atoms with Crippen LogP contribution in [0.2, 0.25) is 0 Å². The molecule has 0 aromatic rings. The number of nitrogens with zero attached hydrogens (tertiary/aromatic N) is 1. The van der Waals surface area contributed by atoms with Crippen molar-refractivity contribution >= 4 is 12.0 Å². The molecule has 1 aliphatic rings. The SMILES string of the molecule is CC(C)(C)OC(=O)N1CCNC(C(N)=O)C1. The first kappa shape index (κ1) is 12.8. The molecule has 1 unspecified atom stereocenters. The van der Waals surface area contributed by atoms with Gasteiger partial charge in [-0.1, -0.05) is 0 Å². The van der Waals surface area contributed by atoms with Crippen molar-refractivity contribution in [2.24, 2.45) is 5.73 Å². The van der Waals surface area contributed by atoms with E-state index in [-0.39, 0.29) is 6.54 Å². The zero-order chi connectivity index (χ0) is 12.3. The average molecular weight is 229 g/mol. The van der Waals surface area contributed by atoms with E-state index >= 15 is 0 Å². The molecular formula is C10H19N3O3. The molecule has 3 N–H and O–H groups in total. The average Bonchev–Trinajstić information content (AvgIpc) is 2.15. The van der Waals surface area contributed by atoms with Gasteiger partial charge in [-0.25, -0.2) is 4.79 Å². The first-order valence-electron chi connectivity index (χ1n) is 5.30. The second-order valence-corrected chi connectivity index (χ2v) is 4.84. The van der Waals surface area contributed by atoms with Crippen LogP contribution in [0.3, 0.4) is 0 Å². The maximum absolute atomic E-state index is 11.7. The molecule has 0 aliphatic carbocycles. The molecule has 0 bridgehead atoms. The lowest BCUT2D eigenvalue weighted by Gasteiger charge is -2.33. The first-order chi connectivity index (χ1) is 7.29. The van der Waals surface area contributed by atoms with E-state index in [9.17, 15) is 9.59 Å². The van der Waals surface area contributed by atoms with Gasteiger partial charge in [0, 0.05) is 19.6 Å². The summed E-state index contributed by atoms with van der Waals surface area (Å²) < 4.78 is 5.21. The van der Waals surface area contributed by atoms with Crippen LogP contribution in [-0.4, -0.2) is 48.2 Å². The number of rotatable bonds is 1. The third-order valence-electron chi connectivity index (χ3n) is 2.17. The number of hydrogen-bond donors (Lipinski definition) is 2. The lowest BCUT2D eigenvalue weighted by molar-refractivity contribution is -0.120. The second kappa shape index (κ2) is 4.69. The molecular weight excluding hydrogens is 210 g/mol. The summed E-state index contributed by atoms with van der Waals surface area (Å²) in [6.45, 7) is 6.76. The predicted octanol–water partition coefficient (Wildman–Crippen LogP) is -0.319. The van der Waals surface area contributed by atoms with E-state index in [1.165, 1.54) is 4.90 Å². The molecule has 16 heavy (non-hydrogen) atoms. The Morgan fingerprint density at radius 1 is 1.44 bits per heavy atom. The van der Waals surface area contributed by atoms with Gasteiger partial charge in [-0.2, -0.15) is 0 Å². The van der Waals surface area contributed by atoms with Crippen LogP contribution >= 0.6 is 0 Å². The molecule has 0 aromatic carbocycles. The van der Waals surface area contributed by atoms with Crippen LogP contribution in [0, 0.1) is 0 Å². The summed E-state index contributed by atoms with van der Waals surface area (Å²) in [5.41, 5.74) is 4.65. The molecule has 1 saturated heterocycles. The molecule has 1 rings (SSSR count). The summed E-state index contributed by atoms with van der Waals surface area (Å²) in [4.78, 5) is 24.2. The second-order valence-electron chi connectivity index (χ2n) is 4.84. The van der Waals surface area contributed by atoms with Gasteiger partial charge in [0.15, 0.2) is 0 Å². The predicted molar refractivity (Wildman–Crippen MR) is 58.8 cm³/mol. The number of carbonyl (C=O) groups excluding carboxylic acids is 2. The van der Waals surface area contributed by atoms with Crippen LogP contribution in [-0.2, 0) is 9.53 Å². The van der Waals surface area contributed by atoms with E-state index in [0.29, 0.717) is 13.1 Å². The molecule has 1 fully saturated rings. The Balaban J connectivity index is 2.54.